The summed E-state index contributed by atoms with van der Waals surface area (Å²) < 4.78 is 10.5. The molecule has 30 heavy (non-hydrogen) atoms. The predicted molar refractivity (Wildman–Crippen MR) is 130 cm³/mol. The van der Waals surface area contributed by atoms with Crippen LogP contribution in [-0.4, -0.2) is 44.2 Å². The zero-order valence-electron chi connectivity index (χ0n) is 17.2. The van der Waals surface area contributed by atoms with Crippen molar-refractivity contribution in [1.29, 1.82) is 0 Å². The standard InChI is InChI=1S/C21H27N5O3.HI/c1-28-18-9-8-17(13-19(18)29-2)24-20(22)23-14-15-6-5-7-16(12-15)25-21(27)26-10-3-4-11-26;/h5-9,12-13H,3-4,10-11,14H2,1-2H3,(H,25,27)(H3,22,23,24);1H. The quantitative estimate of drug-likeness (QED) is 0.302. The number of carbonyl (C=O) groups is 1. The smallest absolute Gasteiger partial charge is 0.321 e. The Morgan fingerprint density at radius 1 is 1.03 bits per heavy atom. The third-order valence-corrected chi connectivity index (χ3v) is 4.66. The van der Waals surface area contributed by atoms with Crippen LogP contribution >= 0.6 is 24.0 Å². The summed E-state index contributed by atoms with van der Waals surface area (Å²) in [5.41, 5.74) is 8.45. The van der Waals surface area contributed by atoms with Crippen molar-refractivity contribution in [3.63, 3.8) is 0 Å². The molecule has 0 atom stereocenters. The number of nitrogens with two attached hydrogens (primary N) is 1. The number of benzene rings is 2. The highest BCUT2D eigenvalue weighted by Gasteiger charge is 2.17. The van der Waals surface area contributed by atoms with Gasteiger partial charge >= 0.3 is 6.03 Å². The molecule has 0 radical (unpaired) electrons. The molecule has 9 heteroatoms. The van der Waals surface area contributed by atoms with Crippen LogP contribution in [-0.2, 0) is 6.54 Å². The van der Waals surface area contributed by atoms with Gasteiger partial charge in [-0.3, -0.25) is 0 Å². The molecule has 1 aliphatic heterocycles. The normalized spacial score (nSPS) is 13.4. The number of halogens is 1. The van der Waals surface area contributed by atoms with Crippen LogP contribution in [0.2, 0.25) is 0 Å². The Morgan fingerprint density at radius 2 is 1.73 bits per heavy atom. The number of nitrogens with zero attached hydrogens (tertiary/aromatic N) is 2. The van der Waals surface area contributed by atoms with Gasteiger partial charge in [-0.15, -0.1) is 24.0 Å². The lowest BCUT2D eigenvalue weighted by Crippen LogP contribution is -2.32. The summed E-state index contributed by atoms with van der Waals surface area (Å²) in [6.45, 7) is 2.02. The summed E-state index contributed by atoms with van der Waals surface area (Å²) >= 11 is 0. The summed E-state index contributed by atoms with van der Waals surface area (Å²) in [6.07, 6.45) is 2.13. The van der Waals surface area contributed by atoms with Crippen molar-refractivity contribution in [3.05, 3.63) is 48.0 Å². The number of guanidine groups is 1. The molecule has 1 heterocycles. The molecule has 0 aliphatic carbocycles. The van der Waals surface area contributed by atoms with E-state index in [2.05, 4.69) is 15.6 Å². The minimum Gasteiger partial charge on any atom is -0.493 e. The second-order valence-corrected chi connectivity index (χ2v) is 6.72. The molecular weight excluding hydrogens is 497 g/mol. The van der Waals surface area contributed by atoms with Gasteiger partial charge in [0.1, 0.15) is 0 Å². The van der Waals surface area contributed by atoms with Crippen molar-refractivity contribution in [2.75, 3.05) is 37.9 Å². The SMILES string of the molecule is COc1ccc(NC(N)=NCc2cccc(NC(=O)N3CCCC3)c2)cc1OC.I. The van der Waals surface area contributed by atoms with Crippen LogP contribution in [0.3, 0.4) is 0 Å². The Labute approximate surface area is 193 Å². The first-order valence-electron chi connectivity index (χ1n) is 9.53. The van der Waals surface area contributed by atoms with E-state index in [1.165, 1.54) is 0 Å². The number of likely N-dealkylation sites (tertiary alicyclic amines) is 1. The van der Waals surface area contributed by atoms with Gasteiger partial charge in [0, 0.05) is 30.5 Å². The van der Waals surface area contributed by atoms with E-state index < -0.39 is 0 Å². The molecule has 1 aliphatic rings. The van der Waals surface area contributed by atoms with Gasteiger partial charge in [0.25, 0.3) is 0 Å². The molecule has 0 unspecified atom stereocenters. The fourth-order valence-electron chi connectivity index (χ4n) is 3.15. The monoisotopic (exact) mass is 525 g/mol. The second-order valence-electron chi connectivity index (χ2n) is 6.72. The molecule has 4 N–H and O–H groups in total. The molecule has 2 amide bonds. The van der Waals surface area contributed by atoms with E-state index in [1.807, 2.05) is 35.2 Å². The number of amides is 2. The molecule has 162 valence electrons. The average molecular weight is 525 g/mol. The molecule has 8 nitrogen and oxygen atoms in total. The molecule has 1 saturated heterocycles. The van der Waals surface area contributed by atoms with Crippen LogP contribution in [0.25, 0.3) is 0 Å². The highest BCUT2D eigenvalue weighted by molar-refractivity contribution is 14.0. The van der Waals surface area contributed by atoms with Gasteiger partial charge in [0.15, 0.2) is 17.5 Å². The summed E-state index contributed by atoms with van der Waals surface area (Å²) in [6, 6.07) is 13.0. The Balaban J connectivity index is 0.00000320. The van der Waals surface area contributed by atoms with Crippen LogP contribution in [0, 0.1) is 0 Å². The summed E-state index contributed by atoms with van der Waals surface area (Å²) in [5, 5.41) is 5.98. The van der Waals surface area contributed by atoms with Crippen LogP contribution in [0.1, 0.15) is 18.4 Å². The minimum atomic E-state index is -0.0576. The largest absolute Gasteiger partial charge is 0.493 e. The van der Waals surface area contributed by atoms with E-state index in [9.17, 15) is 4.79 Å². The summed E-state index contributed by atoms with van der Waals surface area (Å²) in [4.78, 5) is 18.4. The topological polar surface area (TPSA) is 101 Å². The number of hydrogen-bond acceptors (Lipinski definition) is 4. The molecule has 2 aromatic carbocycles. The lowest BCUT2D eigenvalue weighted by molar-refractivity contribution is 0.222. The van der Waals surface area contributed by atoms with Crippen molar-refractivity contribution in [2.24, 2.45) is 10.7 Å². The Kier molecular flexibility index (Phi) is 9.03. The van der Waals surface area contributed by atoms with Crippen LogP contribution < -0.4 is 25.8 Å². The maximum Gasteiger partial charge on any atom is 0.321 e. The number of anilines is 2. The number of rotatable bonds is 6. The van der Waals surface area contributed by atoms with Gasteiger partial charge < -0.3 is 30.7 Å². The molecule has 1 fully saturated rings. The van der Waals surface area contributed by atoms with Crippen molar-refractivity contribution < 1.29 is 14.3 Å². The van der Waals surface area contributed by atoms with Crippen molar-refractivity contribution in [1.82, 2.24) is 4.90 Å². The van der Waals surface area contributed by atoms with Crippen molar-refractivity contribution in [2.45, 2.75) is 19.4 Å². The van der Waals surface area contributed by atoms with Gasteiger partial charge in [-0.1, -0.05) is 12.1 Å². The van der Waals surface area contributed by atoms with Crippen molar-refractivity contribution >= 4 is 47.3 Å². The van der Waals surface area contributed by atoms with E-state index in [1.54, 1.807) is 26.4 Å². The van der Waals surface area contributed by atoms with Crippen molar-refractivity contribution in [3.8, 4) is 11.5 Å². The fraction of sp³-hybridized carbons (Fsp3) is 0.333. The van der Waals surface area contributed by atoms with Gasteiger partial charge in [-0.2, -0.15) is 0 Å². The average Bonchev–Trinajstić information content (AvgIpc) is 3.27. The third kappa shape index (κ3) is 6.41. The number of aliphatic imine (C=N–C) groups is 1. The number of hydrogen-bond donors (Lipinski definition) is 3. The van der Waals surface area contributed by atoms with Crippen LogP contribution in [0.4, 0.5) is 16.2 Å². The van der Waals surface area contributed by atoms with E-state index >= 15 is 0 Å². The Bertz CT molecular complexity index is 885. The lowest BCUT2D eigenvalue weighted by atomic mass is 10.2. The molecule has 0 spiro atoms. The molecule has 0 aromatic heterocycles. The number of methoxy groups -OCH3 is 2. The number of urea groups is 1. The van der Waals surface area contributed by atoms with E-state index in [0.717, 1.165) is 42.9 Å². The lowest BCUT2D eigenvalue weighted by Gasteiger charge is -2.16. The maximum atomic E-state index is 12.2. The predicted octanol–water partition coefficient (Wildman–Crippen LogP) is 3.88. The molecule has 0 bridgehead atoms. The zero-order chi connectivity index (χ0) is 20.6. The zero-order valence-corrected chi connectivity index (χ0v) is 19.5. The van der Waals surface area contributed by atoms with Gasteiger partial charge in [0.05, 0.1) is 20.8 Å². The third-order valence-electron chi connectivity index (χ3n) is 4.66. The first kappa shape index (κ1) is 23.6. The first-order chi connectivity index (χ1) is 14.1. The second kappa shape index (κ2) is 11.5. The molecule has 2 aromatic rings. The molecule has 3 rings (SSSR count). The van der Waals surface area contributed by atoms with Gasteiger partial charge in [0.2, 0.25) is 0 Å². The molecular formula is C21H28IN5O3. The summed E-state index contributed by atoms with van der Waals surface area (Å²) in [5.74, 6) is 1.52. The van der Waals surface area contributed by atoms with Crippen LogP contribution in [0.5, 0.6) is 11.5 Å². The first-order valence-corrected chi connectivity index (χ1v) is 9.53. The fourth-order valence-corrected chi connectivity index (χ4v) is 3.15. The Hall–Kier alpha value is -2.69. The van der Waals surface area contributed by atoms with Gasteiger partial charge in [-0.05, 0) is 42.7 Å². The number of ether oxygens (including phenoxy) is 2. The number of nitrogens with one attached hydrogen (secondary N) is 2. The summed E-state index contributed by atoms with van der Waals surface area (Å²) in [7, 11) is 3.16. The maximum absolute atomic E-state index is 12.2. The van der Waals surface area contributed by atoms with Gasteiger partial charge in [-0.25, -0.2) is 9.79 Å². The molecule has 0 saturated carbocycles. The highest BCUT2D eigenvalue weighted by Crippen LogP contribution is 2.29. The Morgan fingerprint density at radius 3 is 2.43 bits per heavy atom. The highest BCUT2D eigenvalue weighted by atomic mass is 127. The van der Waals surface area contributed by atoms with Crippen LogP contribution in [0.15, 0.2) is 47.5 Å². The number of carbonyl (C=O) groups excluding carboxylic acids is 1. The van der Waals surface area contributed by atoms with E-state index in [-0.39, 0.29) is 36.0 Å². The van der Waals surface area contributed by atoms with E-state index in [4.69, 9.17) is 15.2 Å². The minimum absolute atomic E-state index is 0. The van der Waals surface area contributed by atoms with E-state index in [0.29, 0.717) is 18.0 Å².